The lowest BCUT2D eigenvalue weighted by Crippen LogP contribution is -2.19. The van der Waals surface area contributed by atoms with Crippen LogP contribution in [0.15, 0.2) is 52.9 Å². The van der Waals surface area contributed by atoms with E-state index in [0.29, 0.717) is 17.0 Å². The number of hydrogen-bond donors (Lipinski definition) is 2. The Morgan fingerprint density at radius 1 is 0.938 bits per heavy atom. The molecule has 0 aliphatic rings. The van der Waals surface area contributed by atoms with Crippen molar-refractivity contribution in [1.29, 1.82) is 0 Å². The predicted molar refractivity (Wildman–Crippen MR) is 124 cm³/mol. The van der Waals surface area contributed by atoms with E-state index in [1.54, 1.807) is 36.4 Å². The van der Waals surface area contributed by atoms with Gasteiger partial charge in [-0.05, 0) is 47.2 Å². The second kappa shape index (κ2) is 8.15. The number of nitro benzene ring substituents is 1. The average Bonchev–Trinajstić information content (AvgIpc) is 3.18. The van der Waals surface area contributed by atoms with E-state index in [1.807, 2.05) is 41.5 Å². The summed E-state index contributed by atoms with van der Waals surface area (Å²) in [4.78, 5) is 23.2. The maximum atomic E-state index is 12.9. The standard InChI is InChI=1S/C25H28N2O5/c1-24(2,3)18-13-16(14-19(22(18)28)25(4,5)6)26-23(29)21-12-11-20(32-21)15-7-9-17(10-8-15)27(30)31/h7-14,28H,1-6H3,(H,26,29). The van der Waals surface area contributed by atoms with Gasteiger partial charge < -0.3 is 14.8 Å². The average molecular weight is 437 g/mol. The van der Waals surface area contributed by atoms with Crippen LogP contribution in [0.5, 0.6) is 5.75 Å². The maximum absolute atomic E-state index is 12.9. The van der Waals surface area contributed by atoms with Crippen molar-refractivity contribution in [2.24, 2.45) is 0 Å². The molecule has 32 heavy (non-hydrogen) atoms. The molecule has 0 radical (unpaired) electrons. The molecule has 3 rings (SSSR count). The molecule has 0 bridgehead atoms. The fourth-order valence-corrected chi connectivity index (χ4v) is 3.41. The summed E-state index contributed by atoms with van der Waals surface area (Å²) in [6.07, 6.45) is 0. The molecule has 0 aliphatic carbocycles. The first-order valence-corrected chi connectivity index (χ1v) is 10.3. The largest absolute Gasteiger partial charge is 0.507 e. The number of carbonyl (C=O) groups is 1. The second-order valence-electron chi connectivity index (χ2n) is 9.84. The number of nitrogens with one attached hydrogen (secondary N) is 1. The van der Waals surface area contributed by atoms with E-state index >= 15 is 0 Å². The molecule has 0 saturated carbocycles. The highest BCUT2D eigenvalue weighted by Crippen LogP contribution is 2.41. The topological polar surface area (TPSA) is 106 Å². The Balaban J connectivity index is 1.90. The molecule has 1 amide bonds. The Bertz CT molecular complexity index is 1130. The predicted octanol–water partition coefficient (Wildman–Crippen LogP) is 6.41. The van der Waals surface area contributed by atoms with Crippen LogP contribution in [0, 0.1) is 10.1 Å². The molecule has 2 aromatic carbocycles. The molecular weight excluding hydrogens is 408 g/mol. The van der Waals surface area contributed by atoms with Gasteiger partial charge in [0, 0.05) is 34.5 Å². The molecule has 0 unspecified atom stereocenters. The summed E-state index contributed by atoms with van der Waals surface area (Å²) in [5.41, 5.74) is 2.02. The Morgan fingerprint density at radius 2 is 1.47 bits per heavy atom. The van der Waals surface area contributed by atoms with Gasteiger partial charge in [0.25, 0.3) is 11.6 Å². The van der Waals surface area contributed by atoms with E-state index in [9.17, 15) is 20.0 Å². The second-order valence-corrected chi connectivity index (χ2v) is 9.84. The number of phenols is 1. The van der Waals surface area contributed by atoms with E-state index in [4.69, 9.17) is 4.42 Å². The van der Waals surface area contributed by atoms with Gasteiger partial charge in [-0.15, -0.1) is 0 Å². The van der Waals surface area contributed by atoms with Gasteiger partial charge in [-0.25, -0.2) is 0 Å². The lowest BCUT2D eigenvalue weighted by Gasteiger charge is -2.28. The van der Waals surface area contributed by atoms with Crippen LogP contribution < -0.4 is 5.32 Å². The van der Waals surface area contributed by atoms with Gasteiger partial charge >= 0.3 is 0 Å². The van der Waals surface area contributed by atoms with Crippen LogP contribution in [0.4, 0.5) is 11.4 Å². The molecular formula is C25H28N2O5. The van der Waals surface area contributed by atoms with E-state index in [1.165, 1.54) is 12.1 Å². The van der Waals surface area contributed by atoms with Crippen molar-refractivity contribution in [3.63, 3.8) is 0 Å². The van der Waals surface area contributed by atoms with Gasteiger partial charge in [0.05, 0.1) is 4.92 Å². The lowest BCUT2D eigenvalue weighted by atomic mass is 9.79. The molecule has 0 saturated heterocycles. The van der Waals surface area contributed by atoms with Crippen molar-refractivity contribution in [3.8, 4) is 17.1 Å². The zero-order valence-electron chi connectivity index (χ0n) is 19.1. The Morgan fingerprint density at radius 3 is 1.94 bits per heavy atom. The van der Waals surface area contributed by atoms with E-state index < -0.39 is 10.8 Å². The van der Waals surface area contributed by atoms with Crippen LogP contribution in [0.25, 0.3) is 11.3 Å². The molecule has 3 aromatic rings. The Kier molecular flexibility index (Phi) is 5.87. The number of benzene rings is 2. The highest BCUT2D eigenvalue weighted by molar-refractivity contribution is 6.02. The number of aromatic hydroxyl groups is 1. The van der Waals surface area contributed by atoms with Crippen LogP contribution in [0.3, 0.4) is 0 Å². The summed E-state index contributed by atoms with van der Waals surface area (Å²) in [7, 11) is 0. The van der Waals surface area contributed by atoms with Crippen LogP contribution in [0.2, 0.25) is 0 Å². The molecule has 0 spiro atoms. The van der Waals surface area contributed by atoms with Gasteiger partial charge in [0.15, 0.2) is 5.76 Å². The normalized spacial score (nSPS) is 11.9. The lowest BCUT2D eigenvalue weighted by molar-refractivity contribution is -0.384. The number of nitrogens with zero attached hydrogens (tertiary/aromatic N) is 1. The molecule has 7 nitrogen and oxygen atoms in total. The van der Waals surface area contributed by atoms with Gasteiger partial charge in [-0.1, -0.05) is 41.5 Å². The molecule has 0 aliphatic heterocycles. The van der Waals surface area contributed by atoms with Gasteiger partial charge in [0.2, 0.25) is 0 Å². The summed E-state index contributed by atoms with van der Waals surface area (Å²) in [6, 6.07) is 12.7. The number of nitro groups is 1. The molecule has 1 heterocycles. The number of amides is 1. The third-order valence-electron chi connectivity index (χ3n) is 5.18. The van der Waals surface area contributed by atoms with Crippen molar-refractivity contribution >= 4 is 17.3 Å². The highest BCUT2D eigenvalue weighted by atomic mass is 16.6. The van der Waals surface area contributed by atoms with Crippen LogP contribution in [0.1, 0.15) is 63.2 Å². The molecule has 2 N–H and O–H groups in total. The van der Waals surface area contributed by atoms with Gasteiger partial charge in [-0.3, -0.25) is 14.9 Å². The van der Waals surface area contributed by atoms with Crippen molar-refractivity contribution in [2.45, 2.75) is 52.4 Å². The molecule has 168 valence electrons. The smallest absolute Gasteiger partial charge is 0.291 e. The highest BCUT2D eigenvalue weighted by Gasteiger charge is 2.27. The van der Waals surface area contributed by atoms with Crippen molar-refractivity contribution in [1.82, 2.24) is 0 Å². The molecule has 0 atom stereocenters. The van der Waals surface area contributed by atoms with E-state index in [0.717, 1.165) is 11.1 Å². The minimum absolute atomic E-state index is 0.0186. The summed E-state index contributed by atoms with van der Waals surface area (Å²) in [5, 5.41) is 24.5. The minimum Gasteiger partial charge on any atom is -0.507 e. The zero-order chi connectivity index (χ0) is 23.8. The maximum Gasteiger partial charge on any atom is 0.291 e. The Labute approximate surface area is 187 Å². The van der Waals surface area contributed by atoms with E-state index in [2.05, 4.69) is 5.32 Å². The van der Waals surface area contributed by atoms with Gasteiger partial charge in [-0.2, -0.15) is 0 Å². The number of furan rings is 1. The van der Waals surface area contributed by atoms with Crippen LogP contribution >= 0.6 is 0 Å². The minimum atomic E-state index is -0.472. The number of hydrogen-bond acceptors (Lipinski definition) is 5. The molecule has 1 aromatic heterocycles. The number of rotatable bonds is 4. The molecule has 7 heteroatoms. The summed E-state index contributed by atoms with van der Waals surface area (Å²) < 4.78 is 5.69. The first kappa shape index (κ1) is 23.1. The Hall–Kier alpha value is -3.61. The summed E-state index contributed by atoms with van der Waals surface area (Å²) >= 11 is 0. The number of phenolic OH excluding ortho intramolecular Hbond substituents is 1. The van der Waals surface area contributed by atoms with Crippen molar-refractivity contribution in [2.75, 3.05) is 5.32 Å². The van der Waals surface area contributed by atoms with Gasteiger partial charge in [0.1, 0.15) is 11.5 Å². The summed E-state index contributed by atoms with van der Waals surface area (Å²) in [5.74, 6) is 0.354. The van der Waals surface area contributed by atoms with Crippen molar-refractivity contribution in [3.05, 3.63) is 75.5 Å². The number of anilines is 1. The zero-order valence-corrected chi connectivity index (χ0v) is 19.1. The first-order chi connectivity index (χ1) is 14.8. The third-order valence-corrected chi connectivity index (χ3v) is 5.18. The fraction of sp³-hybridized carbons (Fsp3) is 0.320. The van der Waals surface area contributed by atoms with Crippen molar-refractivity contribution < 1.29 is 19.2 Å². The van der Waals surface area contributed by atoms with Crippen LogP contribution in [-0.2, 0) is 10.8 Å². The summed E-state index contributed by atoms with van der Waals surface area (Å²) in [6.45, 7) is 12.0. The van der Waals surface area contributed by atoms with E-state index in [-0.39, 0.29) is 28.0 Å². The fourth-order valence-electron chi connectivity index (χ4n) is 3.41. The quantitative estimate of drug-likeness (QED) is 0.279. The molecule has 0 fully saturated rings. The SMILES string of the molecule is CC(C)(C)c1cc(NC(=O)c2ccc(-c3ccc([N+](=O)[O-])cc3)o2)cc(C(C)(C)C)c1O. The third kappa shape index (κ3) is 4.82. The number of non-ortho nitro benzene ring substituents is 1. The monoisotopic (exact) mass is 436 g/mol. The first-order valence-electron chi connectivity index (χ1n) is 10.3. The number of carbonyl (C=O) groups excluding carboxylic acids is 1. The van der Waals surface area contributed by atoms with Crippen LogP contribution in [-0.4, -0.2) is 15.9 Å².